The van der Waals surface area contributed by atoms with Crippen LogP contribution in [-0.4, -0.2) is 291 Å². The van der Waals surface area contributed by atoms with Gasteiger partial charge in [-0.3, -0.25) is 0 Å². The topological polar surface area (TPSA) is 469 Å². The van der Waals surface area contributed by atoms with E-state index in [-0.39, 0.29) is 29.6 Å². The maximum Gasteiger partial charge on any atom is 0.335 e. The largest absolute Gasteiger partial charge is 0.479 e. The fourth-order valence-corrected chi connectivity index (χ4v) is 20.1. The molecule has 11 rings (SSSR count). The van der Waals surface area contributed by atoms with Gasteiger partial charge in [0.15, 0.2) is 43.8 Å². The molecule has 6 heterocycles. The molecule has 11 aliphatic rings. The lowest BCUT2D eigenvalue weighted by Gasteiger charge is -2.75. The number of ether oxygens (including phenoxy) is 12. The third-order valence-electron chi connectivity index (χ3n) is 25.4. The lowest BCUT2D eigenvalue weighted by Crippen LogP contribution is -2.75. The van der Waals surface area contributed by atoms with Crippen molar-refractivity contribution >= 4 is 11.9 Å². The van der Waals surface area contributed by atoms with Crippen LogP contribution in [0, 0.1) is 50.2 Å². The number of fused-ring (bicyclic) bond motifs is 4. The van der Waals surface area contributed by atoms with Gasteiger partial charge in [0.1, 0.15) is 103 Å². The fraction of sp³-hybridized carbons (Fsp3) is 0.938. The molecule has 11 fully saturated rings. The Balaban J connectivity index is 0.904. The maximum atomic E-state index is 13.5. The van der Waals surface area contributed by atoms with Crippen molar-refractivity contribution in [3.05, 3.63) is 12.2 Å². The van der Waals surface area contributed by atoms with E-state index in [2.05, 4.69) is 34.6 Å². The van der Waals surface area contributed by atoms with E-state index in [0.717, 1.165) is 6.42 Å². The molecule has 0 aromatic carbocycles. The quantitative estimate of drug-likeness (QED) is 0.0381. The third kappa shape index (κ3) is 11.8. The number of aliphatic carboxylic acids is 1. The summed E-state index contributed by atoms with van der Waals surface area (Å²) in [6.07, 6.45) is -38.0. The number of esters is 1. The van der Waals surface area contributed by atoms with Crippen LogP contribution in [0.5, 0.6) is 0 Å². The van der Waals surface area contributed by atoms with E-state index in [0.29, 0.717) is 57.8 Å². The van der Waals surface area contributed by atoms with E-state index in [4.69, 9.17) is 56.8 Å². The third-order valence-corrected chi connectivity index (χ3v) is 25.4. The molecular formula is C65H104O30. The lowest BCUT2D eigenvalue weighted by atomic mass is 9.30. The van der Waals surface area contributed by atoms with Gasteiger partial charge in [0.2, 0.25) is 0 Å². The van der Waals surface area contributed by atoms with Gasteiger partial charge >= 0.3 is 11.9 Å². The van der Waals surface area contributed by atoms with Gasteiger partial charge in [-0.15, -0.1) is 0 Å². The Morgan fingerprint density at radius 2 is 1.17 bits per heavy atom. The summed E-state index contributed by atoms with van der Waals surface area (Å²) in [7, 11) is 0. The summed E-state index contributed by atoms with van der Waals surface area (Å²) in [4.78, 5) is 26.9. The highest BCUT2D eigenvalue weighted by Crippen LogP contribution is 2.81. The van der Waals surface area contributed by atoms with Gasteiger partial charge in [0, 0.05) is 17.4 Å². The lowest BCUT2D eigenvalue weighted by molar-refractivity contribution is -0.409. The van der Waals surface area contributed by atoms with Crippen molar-refractivity contribution in [2.24, 2.45) is 50.2 Å². The molecule has 5 aliphatic carbocycles. The molecule has 30 nitrogen and oxygen atoms in total. The fourth-order valence-electron chi connectivity index (χ4n) is 20.1. The molecule has 1 spiro atoms. The van der Waals surface area contributed by atoms with Crippen molar-refractivity contribution in [2.45, 2.75) is 304 Å². The van der Waals surface area contributed by atoms with Crippen LogP contribution in [0.2, 0.25) is 0 Å². The number of carboxylic acid groups (broad SMARTS) is 1. The van der Waals surface area contributed by atoms with E-state index in [1.54, 1.807) is 6.08 Å². The van der Waals surface area contributed by atoms with Crippen LogP contribution in [0.1, 0.15) is 133 Å². The van der Waals surface area contributed by atoms with Crippen LogP contribution in [0.15, 0.2) is 12.2 Å². The maximum absolute atomic E-state index is 13.5. The van der Waals surface area contributed by atoms with Gasteiger partial charge in [-0.2, -0.15) is 0 Å². The summed E-state index contributed by atoms with van der Waals surface area (Å²) in [6.45, 7) is 14.8. The van der Waals surface area contributed by atoms with Crippen molar-refractivity contribution in [3.63, 3.8) is 0 Å². The second kappa shape index (κ2) is 26.8. The van der Waals surface area contributed by atoms with Crippen LogP contribution in [0.3, 0.4) is 0 Å². The van der Waals surface area contributed by atoms with E-state index >= 15 is 0 Å². The summed E-state index contributed by atoms with van der Waals surface area (Å²) < 4.78 is 74.9. The Hall–Kier alpha value is -2.36. The van der Waals surface area contributed by atoms with Crippen LogP contribution >= 0.6 is 0 Å². The summed E-state index contributed by atoms with van der Waals surface area (Å²) in [6, 6.07) is 0. The second-order valence-corrected chi connectivity index (χ2v) is 31.4. The van der Waals surface area contributed by atoms with Crippen LogP contribution < -0.4 is 0 Å². The zero-order valence-electron chi connectivity index (χ0n) is 55.4. The number of unbranched alkanes of at least 4 members (excludes halogenated alkanes) is 1. The molecule has 95 heavy (non-hydrogen) atoms. The van der Waals surface area contributed by atoms with E-state index in [1.807, 2.05) is 20.8 Å². The van der Waals surface area contributed by atoms with Gasteiger partial charge < -0.3 is 139 Å². The number of aliphatic hydroxyl groups excluding tert-OH is 14. The predicted molar refractivity (Wildman–Crippen MR) is 318 cm³/mol. The summed E-state index contributed by atoms with van der Waals surface area (Å²) in [5.74, 6) is -2.83. The molecule has 5 saturated carbocycles. The molecule has 6 aliphatic heterocycles. The summed E-state index contributed by atoms with van der Waals surface area (Å²) >= 11 is 0. The Morgan fingerprint density at radius 1 is 0.579 bits per heavy atom. The first kappa shape index (κ1) is 73.8. The van der Waals surface area contributed by atoms with Crippen molar-refractivity contribution in [1.82, 2.24) is 0 Å². The van der Waals surface area contributed by atoms with Gasteiger partial charge in [-0.1, -0.05) is 67.9 Å². The highest BCUT2D eigenvalue weighted by molar-refractivity contribution is 5.82. The Morgan fingerprint density at radius 3 is 1.80 bits per heavy atom. The standard InChI is InChI=1S/C65H104O30/c1-10-11-12-13-36(70)88-35-22-58(3,4)20-32-64-19-15-31-60(7)17-16-34(59(5,6)30(60)14-18-61(31,8)62(64,9)21-33(69)65(32,35)57(82)95-64)89-55-49(94-52-43(77)40(74)38(72)28(23-66)86-52)45(44(78)46(91-55)51(80)81)90-54-48(42(76)39(73)29(24-67)87-54)92-53-47(41(75)37(71)27(2)85-53)93-56-50(79)63(83,25-68)26-84-56/h12-13,27-35,37-50,52-57,66-69,71-79,82-83H,10-11,14-26H2,1-9H3,(H,80,81)/b13-12+/t27-,28+,29+,30?,31?,32?,33+,34-,35-,37-,38-,39-,40-,41+,42-,43+,44-,45-,46-,47+,48+,49+,50-,52-,53-,54-,55+,56-,57+,60-,61+,62-,63+,64-,65+/m0/s1. The Bertz CT molecular complexity index is 2740. The van der Waals surface area contributed by atoms with Gasteiger partial charge in [0.25, 0.3) is 0 Å². The minimum absolute atomic E-state index is 0.00865. The number of rotatable bonds is 18. The molecule has 35 atom stereocenters. The molecule has 0 amide bonds. The summed E-state index contributed by atoms with van der Waals surface area (Å²) in [5, 5.41) is 180. The van der Waals surface area contributed by atoms with Crippen LogP contribution in [0.4, 0.5) is 0 Å². The Labute approximate surface area is 551 Å². The van der Waals surface area contributed by atoms with Gasteiger partial charge in [-0.25, -0.2) is 9.59 Å². The highest BCUT2D eigenvalue weighted by atomic mass is 16.8. The molecule has 0 radical (unpaired) electrons. The molecular weight excluding hydrogens is 1260 g/mol. The van der Waals surface area contributed by atoms with E-state index in [9.17, 15) is 91.3 Å². The highest BCUT2D eigenvalue weighted by Gasteiger charge is 2.84. The van der Waals surface area contributed by atoms with Crippen LogP contribution in [0.25, 0.3) is 0 Å². The number of hydrogen-bond acceptors (Lipinski definition) is 29. The SMILES string of the molecule is CCC/C=C/C(=O)O[C@H]1CC(C)(C)CC2[C@@]13[C@H](O)C[C@]1(C)[C@@]2(CCC2[C@@]4(C)CC[C@H](O[C@@H]5O[C@H](C(=O)O)[C@@H](O)[C@H](O[C@@H]6O[C@H](CO)[C@H](O)[C@H](O)[C@H]6O[C@@H]6O[C@@H](C)[C@H](O)[C@@H](O)[C@H]6O[C@@H]6OC[C@](O)(CO)[C@H]6O)[C@H]5O[C@@H]5O[C@H](CO)[C@H](O)[C@H](O)[C@H]5O)C(C)(C)C4CC[C@]21C)O[C@H]3O. The first-order valence-corrected chi connectivity index (χ1v) is 33.8. The second-order valence-electron chi connectivity index (χ2n) is 31.4. The van der Waals surface area contributed by atoms with Crippen molar-refractivity contribution in [2.75, 3.05) is 26.4 Å². The number of hydrogen-bond donors (Lipinski definition) is 16. The Kier molecular flexibility index (Phi) is 20.8. The minimum Gasteiger partial charge on any atom is -0.479 e. The smallest absolute Gasteiger partial charge is 0.335 e. The average Bonchev–Trinajstić information content (AvgIpc) is 1.54. The molecule has 6 saturated heterocycles. The van der Waals surface area contributed by atoms with Gasteiger partial charge in [-0.05, 0) is 105 Å². The van der Waals surface area contributed by atoms with E-state index in [1.165, 1.54) is 13.0 Å². The van der Waals surface area contributed by atoms with Crippen molar-refractivity contribution in [3.8, 4) is 0 Å². The number of aliphatic hydroxyl groups is 15. The number of carboxylic acids is 1. The number of carbonyl (C=O) groups excluding carboxylic acids is 1. The average molecular weight is 1370 g/mol. The molecule has 16 N–H and O–H groups in total. The van der Waals surface area contributed by atoms with E-state index < -0.39 is 236 Å². The van der Waals surface area contributed by atoms with Crippen molar-refractivity contribution in [1.29, 1.82) is 0 Å². The molecule has 2 bridgehead atoms. The molecule has 544 valence electrons. The molecule has 3 unspecified atom stereocenters. The molecule has 0 aromatic heterocycles. The molecule has 0 aromatic rings. The zero-order chi connectivity index (χ0) is 69.4. The first-order chi connectivity index (χ1) is 44.5. The zero-order valence-corrected chi connectivity index (χ0v) is 55.4. The predicted octanol–water partition coefficient (Wildman–Crippen LogP) is -2.57. The monoisotopic (exact) mass is 1360 g/mol. The molecule has 30 heteroatoms. The van der Waals surface area contributed by atoms with Gasteiger partial charge in [0.05, 0.1) is 55.8 Å². The van der Waals surface area contributed by atoms with Crippen LogP contribution in [-0.2, 0) is 66.4 Å². The van der Waals surface area contributed by atoms with Crippen molar-refractivity contribution < 1.29 is 148 Å². The first-order valence-electron chi connectivity index (χ1n) is 33.8. The number of allylic oxidation sites excluding steroid dienone is 1. The summed E-state index contributed by atoms with van der Waals surface area (Å²) in [5.41, 5.74) is -7.34. The minimum atomic E-state index is -2.34. The number of carbonyl (C=O) groups is 2. The normalized spacial score (nSPS) is 54.0.